The Morgan fingerprint density at radius 3 is 2.55 bits per heavy atom. The van der Waals surface area contributed by atoms with Crippen LogP contribution in [0.4, 0.5) is 10.2 Å². The number of fused-ring (bicyclic) bond motifs is 1. The highest BCUT2D eigenvalue weighted by atomic mass is 19.1. The molecule has 2 aromatic rings. The van der Waals surface area contributed by atoms with Gasteiger partial charge >= 0.3 is 0 Å². The summed E-state index contributed by atoms with van der Waals surface area (Å²) in [6, 6.07) is 6.45. The molecular weight excluding hydrogens is 253 g/mol. The summed E-state index contributed by atoms with van der Waals surface area (Å²) in [7, 11) is 0. The number of aromatic nitrogens is 2. The average molecular weight is 271 g/mol. The smallest absolute Gasteiger partial charge is 0.135 e. The number of anilines is 1. The topological polar surface area (TPSA) is 51.8 Å². The van der Waals surface area contributed by atoms with E-state index in [1.807, 2.05) is 0 Å². The Balaban J connectivity index is 1.89. The molecule has 104 valence electrons. The van der Waals surface area contributed by atoms with E-state index in [2.05, 4.69) is 9.97 Å². The molecule has 4 heteroatoms. The van der Waals surface area contributed by atoms with Crippen molar-refractivity contribution in [2.75, 3.05) is 5.73 Å². The van der Waals surface area contributed by atoms with Gasteiger partial charge in [-0.05, 0) is 43.4 Å². The first kappa shape index (κ1) is 13.0. The summed E-state index contributed by atoms with van der Waals surface area (Å²) in [6.45, 7) is 0. The zero-order valence-electron chi connectivity index (χ0n) is 11.4. The van der Waals surface area contributed by atoms with E-state index in [1.165, 1.54) is 25.0 Å². The van der Waals surface area contributed by atoms with Crippen molar-refractivity contribution in [1.29, 1.82) is 0 Å². The van der Waals surface area contributed by atoms with Crippen molar-refractivity contribution in [3.63, 3.8) is 0 Å². The molecule has 0 bridgehead atoms. The van der Waals surface area contributed by atoms with Crippen molar-refractivity contribution in [1.82, 2.24) is 9.97 Å². The van der Waals surface area contributed by atoms with Gasteiger partial charge in [0.1, 0.15) is 17.5 Å². The molecule has 0 amide bonds. The minimum Gasteiger partial charge on any atom is -0.383 e. The second kappa shape index (κ2) is 5.57. The number of rotatable bonds is 2. The van der Waals surface area contributed by atoms with Crippen LogP contribution >= 0.6 is 0 Å². The monoisotopic (exact) mass is 271 g/mol. The molecule has 3 rings (SSSR count). The largest absolute Gasteiger partial charge is 0.383 e. The molecule has 1 aliphatic carbocycles. The fourth-order valence-corrected chi connectivity index (χ4v) is 2.72. The molecule has 20 heavy (non-hydrogen) atoms. The van der Waals surface area contributed by atoms with Crippen LogP contribution in [0.5, 0.6) is 0 Å². The molecule has 0 spiro atoms. The summed E-state index contributed by atoms with van der Waals surface area (Å²) in [5.41, 5.74) is 9.31. The van der Waals surface area contributed by atoms with Gasteiger partial charge in [0.05, 0.1) is 0 Å². The summed E-state index contributed by atoms with van der Waals surface area (Å²) in [4.78, 5) is 9.09. The Kier molecular flexibility index (Phi) is 3.63. The quantitative estimate of drug-likeness (QED) is 0.854. The molecule has 0 radical (unpaired) electrons. The van der Waals surface area contributed by atoms with Gasteiger partial charge in [-0.25, -0.2) is 14.4 Å². The second-order valence-corrected chi connectivity index (χ2v) is 5.31. The molecular formula is C16H18FN3. The van der Waals surface area contributed by atoms with Crippen LogP contribution in [-0.2, 0) is 19.3 Å². The predicted octanol–water partition coefficient (Wildman–Crippen LogP) is 3.06. The number of hydrogen-bond acceptors (Lipinski definition) is 3. The second-order valence-electron chi connectivity index (χ2n) is 5.31. The maximum absolute atomic E-state index is 12.9. The third-order valence-electron chi connectivity index (χ3n) is 3.79. The van der Waals surface area contributed by atoms with Crippen LogP contribution in [0.1, 0.15) is 41.9 Å². The van der Waals surface area contributed by atoms with Crippen molar-refractivity contribution in [3.8, 4) is 0 Å². The lowest BCUT2D eigenvalue weighted by molar-refractivity contribution is 0.627. The van der Waals surface area contributed by atoms with E-state index in [0.717, 1.165) is 41.9 Å². The lowest BCUT2D eigenvalue weighted by atomic mass is 10.1. The zero-order valence-corrected chi connectivity index (χ0v) is 11.4. The van der Waals surface area contributed by atoms with E-state index in [9.17, 15) is 4.39 Å². The van der Waals surface area contributed by atoms with Crippen LogP contribution in [0.2, 0.25) is 0 Å². The molecule has 0 aliphatic heterocycles. The summed E-state index contributed by atoms with van der Waals surface area (Å²) in [5.74, 6) is 1.12. The van der Waals surface area contributed by atoms with Crippen molar-refractivity contribution < 1.29 is 4.39 Å². The molecule has 0 saturated carbocycles. The molecule has 3 nitrogen and oxygen atoms in total. The number of halogens is 1. The van der Waals surface area contributed by atoms with Gasteiger partial charge in [-0.2, -0.15) is 0 Å². The van der Waals surface area contributed by atoms with Gasteiger partial charge in [-0.1, -0.05) is 18.6 Å². The fourth-order valence-electron chi connectivity index (χ4n) is 2.72. The lowest BCUT2D eigenvalue weighted by Crippen LogP contribution is -2.09. The van der Waals surface area contributed by atoms with Gasteiger partial charge in [0, 0.05) is 17.7 Å². The predicted molar refractivity (Wildman–Crippen MR) is 76.9 cm³/mol. The molecule has 1 aromatic carbocycles. The van der Waals surface area contributed by atoms with Gasteiger partial charge in [0.2, 0.25) is 0 Å². The number of nitrogens with two attached hydrogens (primary N) is 1. The molecule has 1 aliphatic rings. The molecule has 0 atom stereocenters. The van der Waals surface area contributed by atoms with Crippen LogP contribution in [0.3, 0.4) is 0 Å². The van der Waals surface area contributed by atoms with Gasteiger partial charge < -0.3 is 5.73 Å². The van der Waals surface area contributed by atoms with E-state index in [1.54, 1.807) is 12.1 Å². The van der Waals surface area contributed by atoms with E-state index in [4.69, 9.17) is 5.73 Å². The van der Waals surface area contributed by atoms with E-state index in [-0.39, 0.29) is 5.82 Å². The highest BCUT2D eigenvalue weighted by Gasteiger charge is 2.15. The minimum absolute atomic E-state index is 0.226. The highest BCUT2D eigenvalue weighted by Crippen LogP contribution is 2.23. The van der Waals surface area contributed by atoms with Crippen molar-refractivity contribution >= 4 is 5.82 Å². The van der Waals surface area contributed by atoms with E-state index in [0.29, 0.717) is 12.2 Å². The van der Waals surface area contributed by atoms with Gasteiger partial charge in [-0.15, -0.1) is 0 Å². The molecule has 0 unspecified atom stereocenters. The summed E-state index contributed by atoms with van der Waals surface area (Å²) in [5, 5.41) is 0. The number of benzene rings is 1. The number of nitrogens with zero attached hydrogens (tertiary/aromatic N) is 2. The zero-order chi connectivity index (χ0) is 13.9. The molecule has 2 N–H and O–H groups in total. The van der Waals surface area contributed by atoms with E-state index < -0.39 is 0 Å². The minimum atomic E-state index is -0.226. The summed E-state index contributed by atoms with van der Waals surface area (Å²) < 4.78 is 12.9. The Bertz CT molecular complexity index is 608. The standard InChI is InChI=1S/C16H18FN3/c17-12-8-6-11(7-9-12)10-15-19-14-5-3-1-2-4-13(14)16(18)20-15/h6-9H,1-5,10H2,(H2,18,19,20). The SMILES string of the molecule is Nc1nc(Cc2ccc(F)cc2)nc2c1CCCCC2. The van der Waals surface area contributed by atoms with Crippen LogP contribution in [0.25, 0.3) is 0 Å². The molecule has 0 fully saturated rings. The lowest BCUT2D eigenvalue weighted by Gasteiger charge is -2.10. The first-order valence-corrected chi connectivity index (χ1v) is 7.11. The highest BCUT2D eigenvalue weighted by molar-refractivity contribution is 5.43. The van der Waals surface area contributed by atoms with Crippen LogP contribution < -0.4 is 5.73 Å². The van der Waals surface area contributed by atoms with Crippen LogP contribution in [0, 0.1) is 5.82 Å². The third-order valence-corrected chi connectivity index (χ3v) is 3.79. The molecule has 1 heterocycles. The maximum atomic E-state index is 12.9. The van der Waals surface area contributed by atoms with Gasteiger partial charge in [-0.3, -0.25) is 0 Å². The Morgan fingerprint density at radius 2 is 1.75 bits per heavy atom. The Hall–Kier alpha value is -1.97. The fraction of sp³-hybridized carbons (Fsp3) is 0.375. The van der Waals surface area contributed by atoms with Crippen molar-refractivity contribution in [3.05, 3.63) is 52.7 Å². The Morgan fingerprint density at radius 1 is 1.00 bits per heavy atom. The molecule has 0 saturated heterocycles. The number of nitrogen functional groups attached to an aromatic ring is 1. The average Bonchev–Trinajstić information content (AvgIpc) is 2.67. The van der Waals surface area contributed by atoms with Gasteiger partial charge in [0.25, 0.3) is 0 Å². The number of hydrogen-bond donors (Lipinski definition) is 1. The normalized spacial score (nSPS) is 14.7. The molecule has 1 aromatic heterocycles. The van der Waals surface area contributed by atoms with Gasteiger partial charge in [0.15, 0.2) is 0 Å². The number of aryl methyl sites for hydroxylation is 1. The van der Waals surface area contributed by atoms with Crippen molar-refractivity contribution in [2.45, 2.75) is 38.5 Å². The summed E-state index contributed by atoms with van der Waals surface area (Å²) in [6.07, 6.45) is 6.12. The first-order chi connectivity index (χ1) is 9.72. The third kappa shape index (κ3) is 2.79. The van der Waals surface area contributed by atoms with Crippen LogP contribution in [-0.4, -0.2) is 9.97 Å². The van der Waals surface area contributed by atoms with Crippen LogP contribution in [0.15, 0.2) is 24.3 Å². The Labute approximate surface area is 118 Å². The maximum Gasteiger partial charge on any atom is 0.135 e. The summed E-state index contributed by atoms with van der Waals surface area (Å²) >= 11 is 0. The first-order valence-electron chi connectivity index (χ1n) is 7.11. The van der Waals surface area contributed by atoms with Crippen molar-refractivity contribution in [2.24, 2.45) is 0 Å². The van der Waals surface area contributed by atoms with E-state index >= 15 is 0 Å².